The molecule has 2 aromatic carbocycles. The summed E-state index contributed by atoms with van der Waals surface area (Å²) in [6.45, 7) is 4.49. The van der Waals surface area contributed by atoms with Gasteiger partial charge in [-0.2, -0.15) is 0 Å². The van der Waals surface area contributed by atoms with Crippen LogP contribution < -0.4 is 9.47 Å². The molecule has 0 heterocycles. The van der Waals surface area contributed by atoms with Crippen LogP contribution in [0, 0.1) is 12.7 Å². The van der Waals surface area contributed by atoms with E-state index in [0.717, 1.165) is 28.2 Å². The van der Waals surface area contributed by atoms with Gasteiger partial charge in [-0.3, -0.25) is 0 Å². The number of halogens is 1. The van der Waals surface area contributed by atoms with Gasteiger partial charge in [-0.1, -0.05) is 12.1 Å². The van der Waals surface area contributed by atoms with Crippen LogP contribution >= 0.6 is 0 Å². The molecule has 3 heteroatoms. The van der Waals surface area contributed by atoms with E-state index in [1.165, 1.54) is 12.1 Å². The molecule has 0 bridgehead atoms. The predicted octanol–water partition coefficient (Wildman–Crippen LogP) is 4.21. The maximum absolute atomic E-state index is 13.0. The molecule has 100 valence electrons. The molecule has 0 amide bonds. The van der Waals surface area contributed by atoms with Gasteiger partial charge in [0.1, 0.15) is 17.3 Å². The molecule has 0 unspecified atom stereocenters. The molecule has 0 saturated carbocycles. The van der Waals surface area contributed by atoms with E-state index < -0.39 is 0 Å². The summed E-state index contributed by atoms with van der Waals surface area (Å²) in [5.41, 5.74) is 2.79. The third-order valence-electron chi connectivity index (χ3n) is 2.86. The van der Waals surface area contributed by atoms with Crippen molar-refractivity contribution in [1.29, 1.82) is 0 Å². The maximum Gasteiger partial charge on any atom is 0.131 e. The van der Waals surface area contributed by atoms with Crippen molar-refractivity contribution in [1.82, 2.24) is 0 Å². The molecule has 0 N–H and O–H groups in total. The van der Waals surface area contributed by atoms with E-state index in [-0.39, 0.29) is 5.82 Å². The number of rotatable bonds is 4. The molecular weight excluding hydrogens is 243 g/mol. The highest BCUT2D eigenvalue weighted by Crippen LogP contribution is 2.39. The minimum absolute atomic E-state index is 0.257. The second-order valence-corrected chi connectivity index (χ2v) is 4.28. The summed E-state index contributed by atoms with van der Waals surface area (Å²) in [5, 5.41) is 0. The first-order valence-electron chi connectivity index (χ1n) is 6.23. The molecule has 0 spiro atoms. The average Bonchev–Trinajstić information content (AvgIpc) is 2.40. The van der Waals surface area contributed by atoms with Crippen LogP contribution in [0.2, 0.25) is 0 Å². The number of hydrogen-bond acceptors (Lipinski definition) is 2. The molecule has 0 aliphatic carbocycles. The van der Waals surface area contributed by atoms with E-state index in [0.29, 0.717) is 6.61 Å². The van der Waals surface area contributed by atoms with Crippen molar-refractivity contribution in [3.05, 3.63) is 47.8 Å². The quantitative estimate of drug-likeness (QED) is 0.820. The van der Waals surface area contributed by atoms with E-state index >= 15 is 0 Å². The van der Waals surface area contributed by atoms with Crippen LogP contribution in [0.1, 0.15) is 12.5 Å². The van der Waals surface area contributed by atoms with Crippen LogP contribution in [0.25, 0.3) is 11.1 Å². The molecule has 0 aromatic heterocycles. The Morgan fingerprint density at radius 2 is 1.68 bits per heavy atom. The lowest BCUT2D eigenvalue weighted by atomic mass is 10.0. The summed E-state index contributed by atoms with van der Waals surface area (Å²) in [5.74, 6) is 1.23. The largest absolute Gasteiger partial charge is 0.496 e. The van der Waals surface area contributed by atoms with E-state index in [4.69, 9.17) is 9.47 Å². The van der Waals surface area contributed by atoms with Crippen molar-refractivity contribution >= 4 is 0 Å². The van der Waals surface area contributed by atoms with Crippen LogP contribution in [-0.4, -0.2) is 13.7 Å². The Labute approximate surface area is 112 Å². The van der Waals surface area contributed by atoms with Gasteiger partial charge < -0.3 is 9.47 Å². The molecule has 0 fully saturated rings. The van der Waals surface area contributed by atoms with Crippen molar-refractivity contribution < 1.29 is 13.9 Å². The van der Waals surface area contributed by atoms with Crippen molar-refractivity contribution in [2.45, 2.75) is 13.8 Å². The summed E-state index contributed by atoms with van der Waals surface area (Å²) in [4.78, 5) is 0. The fraction of sp³-hybridized carbons (Fsp3) is 0.250. The van der Waals surface area contributed by atoms with Crippen molar-refractivity contribution in [3.63, 3.8) is 0 Å². The van der Waals surface area contributed by atoms with Crippen molar-refractivity contribution in [2.24, 2.45) is 0 Å². The maximum atomic E-state index is 13.0. The first kappa shape index (κ1) is 13.4. The summed E-state index contributed by atoms with van der Waals surface area (Å²) < 4.78 is 24.1. The van der Waals surface area contributed by atoms with E-state index in [1.807, 2.05) is 26.0 Å². The SMILES string of the molecule is CCOc1cc(C)cc(OC)c1-c1ccc(F)cc1. The molecule has 0 aliphatic heterocycles. The second kappa shape index (κ2) is 5.74. The zero-order valence-electron chi connectivity index (χ0n) is 11.4. The number of methoxy groups -OCH3 is 1. The number of ether oxygens (including phenoxy) is 2. The van der Waals surface area contributed by atoms with E-state index in [1.54, 1.807) is 19.2 Å². The predicted molar refractivity (Wildman–Crippen MR) is 74.3 cm³/mol. The minimum Gasteiger partial charge on any atom is -0.496 e. The van der Waals surface area contributed by atoms with Gasteiger partial charge in [0.2, 0.25) is 0 Å². The zero-order valence-corrected chi connectivity index (χ0v) is 11.4. The summed E-state index contributed by atoms with van der Waals surface area (Å²) >= 11 is 0. The monoisotopic (exact) mass is 260 g/mol. The lowest BCUT2D eigenvalue weighted by Crippen LogP contribution is -1.98. The Balaban J connectivity index is 2.61. The van der Waals surface area contributed by atoms with Gasteiger partial charge >= 0.3 is 0 Å². The van der Waals surface area contributed by atoms with Gasteiger partial charge in [-0.05, 0) is 49.2 Å². The van der Waals surface area contributed by atoms with E-state index in [9.17, 15) is 4.39 Å². The standard InChI is InChI=1S/C16H17FO2/c1-4-19-15-10-11(2)9-14(18-3)16(15)12-5-7-13(17)8-6-12/h5-10H,4H2,1-3H3. The Kier molecular flexibility index (Phi) is 4.05. The third kappa shape index (κ3) is 2.87. The number of aryl methyl sites for hydroxylation is 1. The van der Waals surface area contributed by atoms with Crippen LogP contribution in [0.15, 0.2) is 36.4 Å². The van der Waals surface area contributed by atoms with Crippen LogP contribution in [0.5, 0.6) is 11.5 Å². The average molecular weight is 260 g/mol. The summed E-state index contributed by atoms with van der Waals surface area (Å²) in [7, 11) is 1.62. The van der Waals surface area contributed by atoms with Gasteiger partial charge in [0, 0.05) is 0 Å². The highest BCUT2D eigenvalue weighted by molar-refractivity contribution is 5.77. The molecule has 2 nitrogen and oxygen atoms in total. The Morgan fingerprint density at radius 3 is 2.26 bits per heavy atom. The molecule has 0 radical (unpaired) electrons. The van der Waals surface area contributed by atoms with Crippen LogP contribution in [0.3, 0.4) is 0 Å². The lowest BCUT2D eigenvalue weighted by molar-refractivity contribution is 0.338. The number of benzene rings is 2. The Morgan fingerprint density at radius 1 is 1.05 bits per heavy atom. The Bertz CT molecular complexity index is 562. The fourth-order valence-corrected chi connectivity index (χ4v) is 2.05. The first-order chi connectivity index (χ1) is 9.15. The first-order valence-corrected chi connectivity index (χ1v) is 6.23. The highest BCUT2D eigenvalue weighted by Gasteiger charge is 2.14. The van der Waals surface area contributed by atoms with Crippen LogP contribution in [0.4, 0.5) is 4.39 Å². The highest BCUT2D eigenvalue weighted by atomic mass is 19.1. The zero-order chi connectivity index (χ0) is 13.8. The second-order valence-electron chi connectivity index (χ2n) is 4.28. The van der Waals surface area contributed by atoms with Gasteiger partial charge in [-0.25, -0.2) is 4.39 Å². The molecule has 0 saturated heterocycles. The Hall–Kier alpha value is -2.03. The molecule has 2 rings (SSSR count). The minimum atomic E-state index is -0.257. The topological polar surface area (TPSA) is 18.5 Å². The molecule has 2 aromatic rings. The third-order valence-corrected chi connectivity index (χ3v) is 2.86. The molecule has 0 aliphatic rings. The smallest absolute Gasteiger partial charge is 0.131 e. The molecule has 0 atom stereocenters. The van der Waals surface area contributed by atoms with E-state index in [2.05, 4.69) is 0 Å². The lowest BCUT2D eigenvalue weighted by Gasteiger charge is -2.15. The van der Waals surface area contributed by atoms with Crippen molar-refractivity contribution in [3.8, 4) is 22.6 Å². The van der Waals surface area contributed by atoms with Crippen LogP contribution in [-0.2, 0) is 0 Å². The van der Waals surface area contributed by atoms with Gasteiger partial charge in [0.15, 0.2) is 0 Å². The van der Waals surface area contributed by atoms with Gasteiger partial charge in [0.25, 0.3) is 0 Å². The normalized spacial score (nSPS) is 10.3. The summed E-state index contributed by atoms with van der Waals surface area (Å²) in [6, 6.07) is 10.2. The molecule has 19 heavy (non-hydrogen) atoms. The number of hydrogen-bond donors (Lipinski definition) is 0. The summed E-state index contributed by atoms with van der Waals surface area (Å²) in [6.07, 6.45) is 0. The molecular formula is C16H17FO2. The van der Waals surface area contributed by atoms with Gasteiger partial charge in [-0.15, -0.1) is 0 Å². The fourth-order valence-electron chi connectivity index (χ4n) is 2.05. The van der Waals surface area contributed by atoms with Gasteiger partial charge in [0.05, 0.1) is 19.3 Å². The van der Waals surface area contributed by atoms with Crippen molar-refractivity contribution in [2.75, 3.05) is 13.7 Å².